The molecule has 5 rings (SSSR count). The lowest BCUT2D eigenvalue weighted by molar-refractivity contribution is 0.126. The van der Waals surface area contributed by atoms with Crippen LogP contribution in [0.15, 0.2) is 60.7 Å². The summed E-state index contributed by atoms with van der Waals surface area (Å²) in [7, 11) is 0. The molecule has 0 amide bonds. The Morgan fingerprint density at radius 2 is 1.60 bits per heavy atom. The minimum Gasteiger partial charge on any atom is -0.393 e. The van der Waals surface area contributed by atoms with Crippen molar-refractivity contribution in [1.29, 1.82) is 0 Å². The fourth-order valence-electron chi connectivity index (χ4n) is 3.76. The van der Waals surface area contributed by atoms with Crippen LogP contribution in [0.1, 0.15) is 25.7 Å². The summed E-state index contributed by atoms with van der Waals surface area (Å²) >= 11 is 1.52. The maximum Gasteiger partial charge on any atom is 0.190 e. The number of hydrogen-bond acceptors (Lipinski definition) is 7. The van der Waals surface area contributed by atoms with Crippen molar-refractivity contribution in [2.45, 2.75) is 37.8 Å². The van der Waals surface area contributed by atoms with Crippen LogP contribution in [-0.2, 0) is 0 Å². The number of aromatic nitrogens is 3. The first-order valence-corrected chi connectivity index (χ1v) is 11.1. The van der Waals surface area contributed by atoms with Gasteiger partial charge in [-0.25, -0.2) is 15.0 Å². The lowest BCUT2D eigenvalue weighted by Gasteiger charge is -2.26. The number of hydrogen-bond donors (Lipinski definition) is 3. The fraction of sp³-hybridized carbons (Fsp3) is 0.261. The molecular weight excluding hydrogens is 394 g/mol. The van der Waals surface area contributed by atoms with E-state index in [1.54, 1.807) is 0 Å². The highest BCUT2D eigenvalue weighted by Crippen LogP contribution is 2.29. The van der Waals surface area contributed by atoms with Crippen molar-refractivity contribution in [2.24, 2.45) is 0 Å². The number of aliphatic hydroxyl groups excluding tert-OH is 1. The van der Waals surface area contributed by atoms with Crippen LogP contribution in [0.3, 0.4) is 0 Å². The number of nitrogens with zero attached hydrogens (tertiary/aromatic N) is 3. The SMILES string of the molecule is O[C@H]1CC[C@H](Nc2cccc(Nc3nc4ccc(-c5ccccc5)nc4s3)n2)CC1. The summed E-state index contributed by atoms with van der Waals surface area (Å²) in [5, 5.41) is 17.3. The molecular formula is C23H23N5OS. The number of aliphatic hydroxyl groups is 1. The Kier molecular flexibility index (Phi) is 5.29. The van der Waals surface area contributed by atoms with Crippen LogP contribution >= 0.6 is 11.3 Å². The van der Waals surface area contributed by atoms with Crippen molar-refractivity contribution in [3.8, 4) is 11.3 Å². The lowest BCUT2D eigenvalue weighted by atomic mass is 9.93. The van der Waals surface area contributed by atoms with E-state index in [0.717, 1.165) is 64.1 Å². The van der Waals surface area contributed by atoms with Gasteiger partial charge in [0.15, 0.2) is 5.13 Å². The second-order valence-corrected chi connectivity index (χ2v) is 8.57. The zero-order valence-corrected chi connectivity index (χ0v) is 17.3. The molecule has 7 heteroatoms. The van der Waals surface area contributed by atoms with Crippen LogP contribution in [0.2, 0.25) is 0 Å². The highest BCUT2D eigenvalue weighted by Gasteiger charge is 2.19. The molecule has 30 heavy (non-hydrogen) atoms. The second-order valence-electron chi connectivity index (χ2n) is 7.59. The Morgan fingerprint density at radius 1 is 0.800 bits per heavy atom. The number of anilines is 3. The number of rotatable bonds is 5. The van der Waals surface area contributed by atoms with Crippen molar-refractivity contribution < 1.29 is 5.11 Å². The van der Waals surface area contributed by atoms with Crippen LogP contribution in [0.4, 0.5) is 16.8 Å². The van der Waals surface area contributed by atoms with Crippen LogP contribution in [-0.4, -0.2) is 32.2 Å². The summed E-state index contributed by atoms with van der Waals surface area (Å²) < 4.78 is 0. The van der Waals surface area contributed by atoms with Crippen LogP contribution in [0.5, 0.6) is 0 Å². The predicted octanol–water partition coefficient (Wildman–Crippen LogP) is 5.21. The van der Waals surface area contributed by atoms with Crippen molar-refractivity contribution in [2.75, 3.05) is 10.6 Å². The third-order valence-electron chi connectivity index (χ3n) is 5.36. The highest BCUT2D eigenvalue weighted by atomic mass is 32.1. The van der Waals surface area contributed by atoms with Crippen molar-refractivity contribution in [3.05, 3.63) is 60.7 Å². The molecule has 1 aliphatic rings. The predicted molar refractivity (Wildman–Crippen MR) is 122 cm³/mol. The standard InChI is InChI=1S/C23H23N5OS/c29-17-11-9-16(10-12-17)24-20-7-4-8-21(27-20)28-23-26-19-14-13-18(25-22(19)30-23)15-5-2-1-3-6-15/h1-8,13-14,16-17,29H,9-12H2,(H2,24,26,27,28)/t16-,17-. The Balaban J connectivity index is 1.32. The Morgan fingerprint density at radius 3 is 2.43 bits per heavy atom. The molecule has 1 saturated carbocycles. The van der Waals surface area contributed by atoms with Crippen molar-refractivity contribution in [1.82, 2.24) is 15.0 Å². The van der Waals surface area contributed by atoms with Gasteiger partial charge in [-0.15, -0.1) is 0 Å². The van der Waals surface area contributed by atoms with E-state index in [4.69, 9.17) is 4.98 Å². The molecule has 0 bridgehead atoms. The van der Waals surface area contributed by atoms with E-state index in [9.17, 15) is 5.11 Å². The molecule has 152 valence electrons. The molecule has 6 nitrogen and oxygen atoms in total. The molecule has 1 fully saturated rings. The normalized spacial score (nSPS) is 19.0. The summed E-state index contributed by atoms with van der Waals surface area (Å²) in [6.07, 6.45) is 3.47. The molecule has 1 aromatic carbocycles. The molecule has 0 unspecified atom stereocenters. The van der Waals surface area contributed by atoms with Crippen LogP contribution in [0, 0.1) is 0 Å². The number of benzene rings is 1. The second kappa shape index (κ2) is 8.38. The molecule has 0 radical (unpaired) electrons. The van der Waals surface area contributed by atoms with Gasteiger partial charge in [0.05, 0.1) is 11.8 Å². The first kappa shape index (κ1) is 19.0. The van der Waals surface area contributed by atoms with Gasteiger partial charge in [0.25, 0.3) is 0 Å². The van der Waals surface area contributed by atoms with E-state index in [0.29, 0.717) is 6.04 Å². The summed E-state index contributed by atoms with van der Waals surface area (Å²) in [6, 6.07) is 20.4. The zero-order valence-electron chi connectivity index (χ0n) is 16.5. The molecule has 0 saturated heterocycles. The number of fused-ring (bicyclic) bond motifs is 1. The maximum atomic E-state index is 9.68. The average Bonchev–Trinajstić information content (AvgIpc) is 3.17. The fourth-order valence-corrected chi connectivity index (χ4v) is 4.61. The molecule has 0 atom stereocenters. The van der Waals surface area contributed by atoms with Gasteiger partial charge >= 0.3 is 0 Å². The quantitative estimate of drug-likeness (QED) is 0.413. The molecule has 3 aromatic heterocycles. The molecule has 0 spiro atoms. The van der Waals surface area contributed by atoms with E-state index in [-0.39, 0.29) is 6.10 Å². The van der Waals surface area contributed by atoms with Crippen molar-refractivity contribution in [3.63, 3.8) is 0 Å². The summed E-state index contributed by atoms with van der Waals surface area (Å²) in [4.78, 5) is 15.0. The highest BCUT2D eigenvalue weighted by molar-refractivity contribution is 7.21. The smallest absolute Gasteiger partial charge is 0.190 e. The van der Waals surface area contributed by atoms with Gasteiger partial charge in [-0.05, 0) is 49.9 Å². The Bertz CT molecular complexity index is 1140. The average molecular weight is 418 g/mol. The van der Waals surface area contributed by atoms with Gasteiger partial charge in [0, 0.05) is 11.6 Å². The first-order valence-electron chi connectivity index (χ1n) is 10.2. The third kappa shape index (κ3) is 4.27. The summed E-state index contributed by atoms with van der Waals surface area (Å²) in [5.74, 6) is 1.59. The maximum absolute atomic E-state index is 9.68. The van der Waals surface area contributed by atoms with E-state index in [2.05, 4.69) is 32.7 Å². The van der Waals surface area contributed by atoms with Crippen LogP contribution < -0.4 is 10.6 Å². The molecule has 0 aliphatic heterocycles. The van der Waals surface area contributed by atoms with Gasteiger partial charge < -0.3 is 15.7 Å². The minimum atomic E-state index is -0.154. The van der Waals surface area contributed by atoms with Crippen LogP contribution in [0.25, 0.3) is 21.6 Å². The number of thiazole rings is 1. The third-order valence-corrected chi connectivity index (χ3v) is 6.24. The monoisotopic (exact) mass is 417 g/mol. The summed E-state index contributed by atoms with van der Waals surface area (Å²) in [5.41, 5.74) is 2.91. The van der Waals surface area contributed by atoms with Gasteiger partial charge in [-0.1, -0.05) is 47.7 Å². The molecule has 4 aromatic rings. The van der Waals surface area contributed by atoms with Gasteiger partial charge in [0.2, 0.25) is 0 Å². The topological polar surface area (TPSA) is 83.0 Å². The minimum absolute atomic E-state index is 0.154. The van der Waals surface area contributed by atoms with E-state index >= 15 is 0 Å². The van der Waals surface area contributed by atoms with E-state index < -0.39 is 0 Å². The van der Waals surface area contributed by atoms with Gasteiger partial charge in [-0.3, -0.25) is 0 Å². The van der Waals surface area contributed by atoms with Gasteiger partial charge in [-0.2, -0.15) is 0 Å². The molecule has 1 aliphatic carbocycles. The number of pyridine rings is 2. The molecule has 3 heterocycles. The van der Waals surface area contributed by atoms with E-state index in [1.807, 2.05) is 48.5 Å². The lowest BCUT2D eigenvalue weighted by Crippen LogP contribution is -2.28. The van der Waals surface area contributed by atoms with Gasteiger partial charge in [0.1, 0.15) is 22.0 Å². The number of nitrogens with one attached hydrogen (secondary N) is 2. The van der Waals surface area contributed by atoms with Crippen molar-refractivity contribution >= 4 is 38.5 Å². The zero-order chi connectivity index (χ0) is 20.3. The Hall–Kier alpha value is -3.03. The first-order chi connectivity index (χ1) is 14.7. The largest absolute Gasteiger partial charge is 0.393 e. The molecule has 3 N–H and O–H groups in total. The van der Waals surface area contributed by atoms with E-state index in [1.165, 1.54) is 11.3 Å². The Labute approximate surface area is 179 Å². The summed E-state index contributed by atoms with van der Waals surface area (Å²) in [6.45, 7) is 0.